The van der Waals surface area contributed by atoms with Crippen molar-refractivity contribution in [2.75, 3.05) is 5.32 Å². The first kappa shape index (κ1) is 20.1. The molecule has 0 bridgehead atoms. The van der Waals surface area contributed by atoms with Crippen LogP contribution in [-0.4, -0.2) is 20.3 Å². The standard InChI is InChI=1S/C20H14Cl2N4O.ClH/c1-12-18(13-7-9-23-10-8-13)26-11-3-6-16(19(26)24-12)25-20(27)17-14(21)4-2-5-15(17)22;/h2-11H,1H3,(H,25,27);1H. The molecule has 3 heterocycles. The normalized spacial score (nSPS) is 10.5. The van der Waals surface area contributed by atoms with E-state index in [2.05, 4.69) is 15.3 Å². The molecular formula is C20H15Cl3N4O. The summed E-state index contributed by atoms with van der Waals surface area (Å²) < 4.78 is 1.94. The van der Waals surface area contributed by atoms with Crippen molar-refractivity contribution in [2.45, 2.75) is 6.92 Å². The van der Waals surface area contributed by atoms with Crippen LogP contribution >= 0.6 is 35.6 Å². The van der Waals surface area contributed by atoms with Gasteiger partial charge in [0.05, 0.1) is 32.7 Å². The molecule has 8 heteroatoms. The third kappa shape index (κ3) is 3.56. The van der Waals surface area contributed by atoms with Crippen molar-refractivity contribution in [1.82, 2.24) is 14.4 Å². The molecule has 142 valence electrons. The number of imidazole rings is 1. The maximum Gasteiger partial charge on any atom is 0.258 e. The van der Waals surface area contributed by atoms with E-state index in [4.69, 9.17) is 23.2 Å². The fourth-order valence-electron chi connectivity index (χ4n) is 3.04. The van der Waals surface area contributed by atoms with Crippen LogP contribution in [0.25, 0.3) is 16.9 Å². The molecule has 5 nitrogen and oxygen atoms in total. The molecule has 4 aromatic rings. The van der Waals surface area contributed by atoms with Crippen LogP contribution in [0, 0.1) is 6.92 Å². The molecule has 1 N–H and O–H groups in total. The lowest BCUT2D eigenvalue weighted by atomic mass is 10.1. The molecule has 0 aliphatic carbocycles. The number of halogens is 3. The number of fused-ring (bicyclic) bond motifs is 1. The fraction of sp³-hybridized carbons (Fsp3) is 0.0500. The van der Waals surface area contributed by atoms with E-state index < -0.39 is 0 Å². The summed E-state index contributed by atoms with van der Waals surface area (Å²) in [7, 11) is 0. The van der Waals surface area contributed by atoms with Crippen molar-refractivity contribution in [3.05, 3.63) is 82.4 Å². The van der Waals surface area contributed by atoms with Gasteiger partial charge in [0.2, 0.25) is 0 Å². The van der Waals surface area contributed by atoms with E-state index in [-0.39, 0.29) is 23.9 Å². The van der Waals surface area contributed by atoms with E-state index in [1.165, 1.54) is 0 Å². The number of pyridine rings is 2. The number of carbonyl (C=O) groups excluding carboxylic acids is 1. The molecule has 0 saturated carbocycles. The van der Waals surface area contributed by atoms with Gasteiger partial charge in [-0.3, -0.25) is 14.2 Å². The Morgan fingerprint density at radius 1 is 1.04 bits per heavy atom. The Kier molecular flexibility index (Phi) is 5.89. The Morgan fingerprint density at radius 2 is 1.71 bits per heavy atom. The van der Waals surface area contributed by atoms with Gasteiger partial charge in [0.1, 0.15) is 0 Å². The number of aromatic nitrogens is 3. The molecule has 1 aromatic carbocycles. The highest BCUT2D eigenvalue weighted by Gasteiger charge is 2.18. The Hall–Kier alpha value is -2.60. The molecule has 0 unspecified atom stereocenters. The van der Waals surface area contributed by atoms with Crippen LogP contribution in [0.2, 0.25) is 10.0 Å². The van der Waals surface area contributed by atoms with Crippen molar-refractivity contribution in [3.8, 4) is 11.3 Å². The Bertz CT molecular complexity index is 1140. The third-order valence-corrected chi connectivity index (χ3v) is 4.85. The quantitative estimate of drug-likeness (QED) is 0.452. The van der Waals surface area contributed by atoms with E-state index in [1.54, 1.807) is 36.7 Å². The minimum Gasteiger partial charge on any atom is -0.319 e. The predicted octanol–water partition coefficient (Wildman–Crippen LogP) is 5.69. The van der Waals surface area contributed by atoms with Crippen molar-refractivity contribution in [3.63, 3.8) is 0 Å². The second-order valence-corrected chi connectivity index (χ2v) is 6.76. The van der Waals surface area contributed by atoms with Crippen LogP contribution in [-0.2, 0) is 0 Å². The van der Waals surface area contributed by atoms with Gasteiger partial charge in [-0.25, -0.2) is 4.98 Å². The van der Waals surface area contributed by atoms with Crippen molar-refractivity contribution >= 4 is 52.9 Å². The fourth-order valence-corrected chi connectivity index (χ4v) is 3.60. The van der Waals surface area contributed by atoms with Gasteiger partial charge in [-0.1, -0.05) is 29.3 Å². The molecule has 1 amide bonds. The number of carbonyl (C=O) groups is 1. The van der Waals surface area contributed by atoms with Crippen LogP contribution < -0.4 is 5.32 Å². The maximum absolute atomic E-state index is 12.7. The molecule has 0 saturated heterocycles. The molecule has 0 fully saturated rings. The molecule has 3 aromatic heterocycles. The lowest BCUT2D eigenvalue weighted by molar-refractivity contribution is 0.102. The molecule has 0 spiro atoms. The highest BCUT2D eigenvalue weighted by atomic mass is 35.5. The van der Waals surface area contributed by atoms with Gasteiger partial charge in [-0.05, 0) is 43.3 Å². The minimum absolute atomic E-state index is 0. The lowest BCUT2D eigenvalue weighted by Gasteiger charge is -2.10. The monoisotopic (exact) mass is 432 g/mol. The number of nitrogens with zero attached hydrogens (tertiary/aromatic N) is 3. The first-order valence-corrected chi connectivity index (χ1v) is 8.95. The summed E-state index contributed by atoms with van der Waals surface area (Å²) in [6, 6.07) is 12.4. The van der Waals surface area contributed by atoms with Crippen molar-refractivity contribution in [2.24, 2.45) is 0 Å². The lowest BCUT2D eigenvalue weighted by Crippen LogP contribution is -2.14. The molecule has 0 atom stereocenters. The number of aryl methyl sites for hydroxylation is 1. The second-order valence-electron chi connectivity index (χ2n) is 5.95. The van der Waals surface area contributed by atoms with Gasteiger partial charge in [0, 0.05) is 24.2 Å². The summed E-state index contributed by atoms with van der Waals surface area (Å²) in [6.45, 7) is 1.93. The highest BCUT2D eigenvalue weighted by molar-refractivity contribution is 6.40. The van der Waals surface area contributed by atoms with Gasteiger partial charge >= 0.3 is 0 Å². The predicted molar refractivity (Wildman–Crippen MR) is 115 cm³/mol. The van der Waals surface area contributed by atoms with Gasteiger partial charge in [0.25, 0.3) is 5.91 Å². The third-order valence-electron chi connectivity index (χ3n) is 4.22. The SMILES string of the molecule is Cc1nc2c(NC(=O)c3c(Cl)cccc3Cl)cccn2c1-c1ccncc1.Cl. The van der Waals surface area contributed by atoms with Crippen LogP contribution in [0.15, 0.2) is 61.1 Å². The van der Waals surface area contributed by atoms with E-state index in [1.807, 2.05) is 35.7 Å². The summed E-state index contributed by atoms with van der Waals surface area (Å²) in [5.41, 5.74) is 4.23. The zero-order valence-electron chi connectivity index (χ0n) is 14.7. The Balaban J connectivity index is 0.00000225. The zero-order chi connectivity index (χ0) is 19.0. The molecule has 0 aliphatic rings. The van der Waals surface area contributed by atoms with Crippen molar-refractivity contribution in [1.29, 1.82) is 0 Å². The van der Waals surface area contributed by atoms with Crippen LogP contribution in [0.4, 0.5) is 5.69 Å². The van der Waals surface area contributed by atoms with E-state index in [0.717, 1.165) is 17.0 Å². The van der Waals surface area contributed by atoms with Gasteiger partial charge in [0.15, 0.2) is 5.65 Å². The summed E-state index contributed by atoms with van der Waals surface area (Å²) in [5.74, 6) is -0.384. The number of hydrogen-bond donors (Lipinski definition) is 1. The van der Waals surface area contributed by atoms with Gasteiger partial charge in [-0.15, -0.1) is 12.4 Å². The molecule has 4 rings (SSSR count). The van der Waals surface area contributed by atoms with Gasteiger partial charge in [-0.2, -0.15) is 0 Å². The summed E-state index contributed by atoms with van der Waals surface area (Å²) in [4.78, 5) is 21.4. The summed E-state index contributed by atoms with van der Waals surface area (Å²) >= 11 is 12.3. The van der Waals surface area contributed by atoms with Gasteiger partial charge < -0.3 is 5.32 Å². The van der Waals surface area contributed by atoms with E-state index in [0.29, 0.717) is 21.4 Å². The minimum atomic E-state index is -0.384. The number of benzene rings is 1. The first-order valence-electron chi connectivity index (χ1n) is 8.19. The van der Waals surface area contributed by atoms with Crippen LogP contribution in [0.3, 0.4) is 0 Å². The van der Waals surface area contributed by atoms with Crippen molar-refractivity contribution < 1.29 is 4.79 Å². The van der Waals surface area contributed by atoms with E-state index in [9.17, 15) is 4.79 Å². The Morgan fingerprint density at radius 3 is 2.39 bits per heavy atom. The smallest absolute Gasteiger partial charge is 0.258 e. The maximum atomic E-state index is 12.7. The molecule has 0 radical (unpaired) electrons. The number of anilines is 1. The molecular weight excluding hydrogens is 419 g/mol. The number of amides is 1. The van der Waals surface area contributed by atoms with Crippen LogP contribution in [0.5, 0.6) is 0 Å². The topological polar surface area (TPSA) is 59.3 Å². The van der Waals surface area contributed by atoms with E-state index >= 15 is 0 Å². The average molecular weight is 434 g/mol. The average Bonchev–Trinajstić information content (AvgIpc) is 2.99. The Labute approximate surface area is 177 Å². The number of nitrogens with one attached hydrogen (secondary N) is 1. The second kappa shape index (κ2) is 8.19. The first-order chi connectivity index (χ1) is 13.1. The largest absolute Gasteiger partial charge is 0.319 e. The molecule has 0 aliphatic heterocycles. The molecule has 28 heavy (non-hydrogen) atoms. The zero-order valence-corrected chi connectivity index (χ0v) is 17.0. The summed E-state index contributed by atoms with van der Waals surface area (Å²) in [6.07, 6.45) is 5.38. The highest BCUT2D eigenvalue weighted by Crippen LogP contribution is 2.29. The number of hydrogen-bond acceptors (Lipinski definition) is 3. The number of rotatable bonds is 3. The summed E-state index contributed by atoms with van der Waals surface area (Å²) in [5, 5.41) is 3.46. The van der Waals surface area contributed by atoms with Crippen LogP contribution in [0.1, 0.15) is 16.1 Å².